The molecule has 2 rings (SSSR count). The van der Waals surface area contributed by atoms with Gasteiger partial charge in [0, 0.05) is 19.3 Å². The molecule has 1 N–H and O–H groups in total. The topological polar surface area (TPSA) is 55.9 Å². The first-order valence-electron chi connectivity index (χ1n) is 5.33. The second-order valence-electron chi connectivity index (χ2n) is 3.99. The summed E-state index contributed by atoms with van der Waals surface area (Å²) in [5.41, 5.74) is 0.934. The van der Waals surface area contributed by atoms with Gasteiger partial charge in [-0.3, -0.25) is 4.68 Å². The zero-order valence-corrected chi connectivity index (χ0v) is 9.77. The molecular weight excluding hydrogens is 204 g/mol. The largest absolute Gasteiger partial charge is 0.438 e. The van der Waals surface area contributed by atoms with Crippen LogP contribution in [0, 0.1) is 0 Å². The van der Waals surface area contributed by atoms with E-state index in [1.807, 2.05) is 13.1 Å². The molecule has 86 valence electrons. The number of oxazole rings is 1. The van der Waals surface area contributed by atoms with Crippen molar-refractivity contribution in [2.75, 3.05) is 0 Å². The molecule has 5 nitrogen and oxygen atoms in total. The smallest absolute Gasteiger partial charge is 0.208 e. The van der Waals surface area contributed by atoms with Gasteiger partial charge in [0.25, 0.3) is 0 Å². The maximum atomic E-state index is 5.62. The van der Waals surface area contributed by atoms with Crippen molar-refractivity contribution in [3.63, 3.8) is 0 Å². The molecule has 5 heteroatoms. The maximum Gasteiger partial charge on any atom is 0.208 e. The number of nitrogens with zero attached hydrogens (tertiary/aromatic N) is 3. The number of nitrogens with one attached hydrogen (secondary N) is 1. The molecule has 0 spiro atoms. The van der Waals surface area contributed by atoms with E-state index >= 15 is 0 Å². The van der Waals surface area contributed by atoms with E-state index < -0.39 is 0 Å². The first-order valence-corrected chi connectivity index (χ1v) is 5.33. The van der Waals surface area contributed by atoms with Gasteiger partial charge in [0.05, 0.1) is 12.7 Å². The molecule has 0 atom stereocenters. The lowest BCUT2D eigenvalue weighted by atomic mass is 10.3. The first-order chi connectivity index (χ1) is 7.66. The minimum atomic E-state index is 0.423. The van der Waals surface area contributed by atoms with E-state index in [2.05, 4.69) is 29.2 Å². The molecule has 0 amide bonds. The summed E-state index contributed by atoms with van der Waals surface area (Å²) in [6.45, 7) is 4.82. The van der Waals surface area contributed by atoms with E-state index in [1.165, 1.54) is 0 Å². The quantitative estimate of drug-likeness (QED) is 0.849. The van der Waals surface area contributed by atoms with Crippen molar-refractivity contribution >= 4 is 0 Å². The first kappa shape index (κ1) is 10.9. The Morgan fingerprint density at radius 3 is 2.94 bits per heavy atom. The van der Waals surface area contributed by atoms with Crippen molar-refractivity contribution in [2.24, 2.45) is 7.05 Å². The number of rotatable bonds is 4. The van der Waals surface area contributed by atoms with Crippen LogP contribution >= 0.6 is 0 Å². The van der Waals surface area contributed by atoms with Gasteiger partial charge in [-0.15, -0.1) is 0 Å². The van der Waals surface area contributed by atoms with Gasteiger partial charge in [0.1, 0.15) is 5.69 Å². The van der Waals surface area contributed by atoms with Crippen LogP contribution in [0.2, 0.25) is 0 Å². The van der Waals surface area contributed by atoms with Gasteiger partial charge in [-0.2, -0.15) is 5.10 Å². The lowest BCUT2D eigenvalue weighted by Crippen LogP contribution is -2.21. The lowest BCUT2D eigenvalue weighted by molar-refractivity contribution is 0.456. The van der Waals surface area contributed by atoms with Gasteiger partial charge < -0.3 is 9.73 Å². The van der Waals surface area contributed by atoms with Crippen LogP contribution in [0.25, 0.3) is 11.5 Å². The summed E-state index contributed by atoms with van der Waals surface area (Å²) in [6, 6.07) is 2.33. The fourth-order valence-corrected chi connectivity index (χ4v) is 1.42. The second kappa shape index (κ2) is 4.49. The molecule has 0 radical (unpaired) electrons. The van der Waals surface area contributed by atoms with Crippen molar-refractivity contribution in [1.82, 2.24) is 20.1 Å². The molecule has 0 saturated heterocycles. The summed E-state index contributed by atoms with van der Waals surface area (Å²) < 4.78 is 7.39. The summed E-state index contributed by atoms with van der Waals surface area (Å²) in [6.07, 6.45) is 3.47. The zero-order valence-electron chi connectivity index (χ0n) is 9.77. The van der Waals surface area contributed by atoms with Crippen LogP contribution in [0.1, 0.15) is 19.7 Å². The molecule has 2 aromatic rings. The van der Waals surface area contributed by atoms with Crippen molar-refractivity contribution in [3.8, 4) is 11.5 Å². The molecule has 0 aliphatic rings. The van der Waals surface area contributed by atoms with Crippen LogP contribution in [-0.4, -0.2) is 20.8 Å². The Balaban J connectivity index is 2.11. The molecule has 0 aromatic carbocycles. The Bertz CT molecular complexity index is 458. The van der Waals surface area contributed by atoms with E-state index in [1.54, 1.807) is 17.1 Å². The predicted molar refractivity (Wildman–Crippen MR) is 60.7 cm³/mol. The SMILES string of the molecule is CC(C)NCc1ncc(-c2ccnn2C)o1. The Hall–Kier alpha value is -1.62. The van der Waals surface area contributed by atoms with Gasteiger partial charge in [0.2, 0.25) is 5.89 Å². The summed E-state index contributed by atoms with van der Waals surface area (Å²) in [5, 5.41) is 7.35. The van der Waals surface area contributed by atoms with E-state index in [0.717, 1.165) is 11.5 Å². The van der Waals surface area contributed by atoms with Crippen molar-refractivity contribution in [2.45, 2.75) is 26.4 Å². The van der Waals surface area contributed by atoms with Crippen molar-refractivity contribution in [3.05, 3.63) is 24.4 Å². The number of aromatic nitrogens is 3. The molecule has 0 unspecified atom stereocenters. The molecule has 0 bridgehead atoms. The molecule has 0 fully saturated rings. The Kier molecular flexibility index (Phi) is 3.05. The van der Waals surface area contributed by atoms with Gasteiger partial charge in [-0.05, 0) is 6.07 Å². The van der Waals surface area contributed by atoms with Crippen molar-refractivity contribution < 1.29 is 4.42 Å². The zero-order chi connectivity index (χ0) is 11.5. The number of hydrogen-bond acceptors (Lipinski definition) is 4. The van der Waals surface area contributed by atoms with Crippen LogP contribution in [0.5, 0.6) is 0 Å². The fourth-order valence-electron chi connectivity index (χ4n) is 1.42. The van der Waals surface area contributed by atoms with E-state index in [0.29, 0.717) is 18.5 Å². The number of hydrogen-bond donors (Lipinski definition) is 1. The van der Waals surface area contributed by atoms with Crippen LogP contribution in [-0.2, 0) is 13.6 Å². The highest BCUT2D eigenvalue weighted by Crippen LogP contribution is 2.18. The second-order valence-corrected chi connectivity index (χ2v) is 3.99. The minimum Gasteiger partial charge on any atom is -0.438 e. The van der Waals surface area contributed by atoms with E-state index in [4.69, 9.17) is 4.42 Å². The van der Waals surface area contributed by atoms with Gasteiger partial charge in [0.15, 0.2) is 5.76 Å². The molecule has 16 heavy (non-hydrogen) atoms. The average molecular weight is 220 g/mol. The van der Waals surface area contributed by atoms with Crippen molar-refractivity contribution in [1.29, 1.82) is 0 Å². The molecule has 0 aliphatic heterocycles. The Morgan fingerprint density at radius 2 is 2.31 bits per heavy atom. The number of aryl methyl sites for hydroxylation is 1. The third kappa shape index (κ3) is 2.30. The normalized spacial score (nSPS) is 11.2. The van der Waals surface area contributed by atoms with Crippen LogP contribution in [0.4, 0.5) is 0 Å². The van der Waals surface area contributed by atoms with E-state index in [9.17, 15) is 0 Å². The van der Waals surface area contributed by atoms with Gasteiger partial charge in [-0.1, -0.05) is 13.8 Å². The summed E-state index contributed by atoms with van der Waals surface area (Å²) >= 11 is 0. The van der Waals surface area contributed by atoms with E-state index in [-0.39, 0.29) is 0 Å². The maximum absolute atomic E-state index is 5.62. The molecule has 0 aliphatic carbocycles. The van der Waals surface area contributed by atoms with Crippen LogP contribution in [0.15, 0.2) is 22.9 Å². The lowest BCUT2D eigenvalue weighted by Gasteiger charge is -2.04. The third-order valence-corrected chi connectivity index (χ3v) is 2.29. The summed E-state index contributed by atoms with van der Waals surface area (Å²) in [5.74, 6) is 1.45. The summed E-state index contributed by atoms with van der Waals surface area (Å²) in [4.78, 5) is 4.21. The minimum absolute atomic E-state index is 0.423. The molecule has 2 aromatic heterocycles. The monoisotopic (exact) mass is 220 g/mol. The standard InChI is InChI=1S/C11H16N4O/c1-8(2)12-7-11-13-6-10(16-11)9-4-5-14-15(9)3/h4-6,8,12H,7H2,1-3H3. The molecule has 2 heterocycles. The average Bonchev–Trinajstić information content (AvgIpc) is 2.83. The highest BCUT2D eigenvalue weighted by atomic mass is 16.4. The Labute approximate surface area is 94.5 Å². The molecular formula is C11H16N4O. The van der Waals surface area contributed by atoms with Gasteiger partial charge >= 0.3 is 0 Å². The van der Waals surface area contributed by atoms with Gasteiger partial charge in [-0.25, -0.2) is 4.98 Å². The third-order valence-electron chi connectivity index (χ3n) is 2.29. The Morgan fingerprint density at radius 1 is 1.50 bits per heavy atom. The highest BCUT2D eigenvalue weighted by molar-refractivity contribution is 5.50. The summed E-state index contributed by atoms with van der Waals surface area (Å²) in [7, 11) is 1.88. The van der Waals surface area contributed by atoms with Crippen LogP contribution < -0.4 is 5.32 Å². The molecule has 0 saturated carbocycles. The highest BCUT2D eigenvalue weighted by Gasteiger charge is 2.09. The predicted octanol–water partition coefficient (Wildman–Crippen LogP) is 1.57. The fraction of sp³-hybridized carbons (Fsp3) is 0.455. The van der Waals surface area contributed by atoms with Crippen LogP contribution in [0.3, 0.4) is 0 Å².